The molecule has 0 radical (unpaired) electrons. The number of carbonyl (C=O) groups is 1. The van der Waals surface area contributed by atoms with Crippen molar-refractivity contribution < 1.29 is 14.1 Å². The zero-order valence-corrected chi connectivity index (χ0v) is 12.8. The van der Waals surface area contributed by atoms with Crippen LogP contribution in [0.4, 0.5) is 5.69 Å². The Morgan fingerprint density at radius 3 is 2.88 bits per heavy atom. The maximum Gasteiger partial charge on any atom is 0.420 e. The monoisotopic (exact) mass is 330 g/mol. The molecule has 1 atom stereocenters. The third-order valence-corrected chi connectivity index (χ3v) is 4.19. The van der Waals surface area contributed by atoms with E-state index in [1.54, 1.807) is 6.92 Å². The summed E-state index contributed by atoms with van der Waals surface area (Å²) in [6.07, 6.45) is 1.73. The van der Waals surface area contributed by atoms with Crippen molar-refractivity contribution in [2.75, 3.05) is 0 Å². The quantitative estimate of drug-likeness (QED) is 0.649. The molecular weight excluding hydrogens is 316 g/mol. The van der Waals surface area contributed by atoms with Crippen molar-refractivity contribution in [1.82, 2.24) is 9.88 Å². The number of oxazole rings is 1. The van der Waals surface area contributed by atoms with Crippen molar-refractivity contribution in [3.8, 4) is 6.07 Å². The largest absolute Gasteiger partial charge is 0.420 e. The average molecular weight is 330 g/mol. The molecule has 1 unspecified atom stereocenters. The van der Waals surface area contributed by atoms with Crippen LogP contribution < -0.4 is 11.1 Å². The summed E-state index contributed by atoms with van der Waals surface area (Å²) in [6, 6.07) is 5.80. The zero-order chi connectivity index (χ0) is 17.5. The summed E-state index contributed by atoms with van der Waals surface area (Å²) in [7, 11) is 0. The fourth-order valence-corrected chi connectivity index (χ4v) is 2.67. The number of nitro benzene ring substituents is 1. The Bertz CT molecular complexity index is 933. The van der Waals surface area contributed by atoms with E-state index in [0.717, 1.165) is 17.4 Å². The predicted molar refractivity (Wildman–Crippen MR) is 82.0 cm³/mol. The molecule has 1 heterocycles. The molecule has 9 nitrogen and oxygen atoms in total. The number of non-ortho nitro benzene ring substituents is 1. The highest BCUT2D eigenvalue weighted by atomic mass is 16.6. The summed E-state index contributed by atoms with van der Waals surface area (Å²) in [4.78, 5) is 34.4. The van der Waals surface area contributed by atoms with Crippen LogP contribution in [0.25, 0.3) is 11.1 Å². The molecule has 1 fully saturated rings. The van der Waals surface area contributed by atoms with Crippen LogP contribution in [0.3, 0.4) is 0 Å². The summed E-state index contributed by atoms with van der Waals surface area (Å²) in [5.74, 6) is -1.21. The Balaban J connectivity index is 1.89. The van der Waals surface area contributed by atoms with E-state index >= 15 is 0 Å². The first-order valence-electron chi connectivity index (χ1n) is 7.34. The molecule has 0 spiro atoms. The third-order valence-electron chi connectivity index (χ3n) is 4.19. The number of benzene rings is 1. The fraction of sp³-hybridized carbons (Fsp3) is 0.400. The molecule has 124 valence electrons. The number of fused-ring (bicyclic) bond motifs is 1. The van der Waals surface area contributed by atoms with Crippen LogP contribution in [0.2, 0.25) is 0 Å². The summed E-state index contributed by atoms with van der Waals surface area (Å²) in [5.41, 5.74) is -0.873. The van der Waals surface area contributed by atoms with Crippen LogP contribution in [0.15, 0.2) is 27.4 Å². The summed E-state index contributed by atoms with van der Waals surface area (Å²) in [6.45, 7) is 1.26. The SMILES string of the molecule is CC(C#N)(NC(=O)Cn1c(=O)oc2ccc([N+](=O)[O-])cc21)C1CC1. The van der Waals surface area contributed by atoms with Crippen molar-refractivity contribution in [2.24, 2.45) is 5.92 Å². The molecule has 24 heavy (non-hydrogen) atoms. The van der Waals surface area contributed by atoms with Gasteiger partial charge in [-0.1, -0.05) is 0 Å². The van der Waals surface area contributed by atoms with Crippen LogP contribution >= 0.6 is 0 Å². The highest BCUT2D eigenvalue weighted by Gasteiger charge is 2.43. The maximum absolute atomic E-state index is 12.2. The number of hydrogen-bond donors (Lipinski definition) is 1. The molecule has 1 aliphatic carbocycles. The lowest BCUT2D eigenvalue weighted by Gasteiger charge is -2.22. The number of nitrogens with one attached hydrogen (secondary N) is 1. The van der Waals surface area contributed by atoms with Crippen LogP contribution in [0.5, 0.6) is 0 Å². The lowest BCUT2D eigenvalue weighted by Crippen LogP contribution is -2.48. The highest BCUT2D eigenvalue weighted by molar-refractivity contribution is 5.81. The Kier molecular flexibility index (Phi) is 3.60. The third kappa shape index (κ3) is 2.74. The number of nitriles is 1. The van der Waals surface area contributed by atoms with Gasteiger partial charge in [0.15, 0.2) is 5.58 Å². The number of nitrogens with zero attached hydrogens (tertiary/aromatic N) is 3. The smallest absolute Gasteiger partial charge is 0.408 e. The van der Waals surface area contributed by atoms with Gasteiger partial charge < -0.3 is 9.73 Å². The van der Waals surface area contributed by atoms with E-state index in [-0.39, 0.29) is 29.2 Å². The van der Waals surface area contributed by atoms with Gasteiger partial charge >= 0.3 is 5.76 Å². The van der Waals surface area contributed by atoms with Gasteiger partial charge in [-0.25, -0.2) is 4.79 Å². The second kappa shape index (κ2) is 5.49. The fourth-order valence-electron chi connectivity index (χ4n) is 2.67. The number of nitro groups is 1. The number of hydrogen-bond acceptors (Lipinski definition) is 6. The molecule has 1 aromatic carbocycles. The Morgan fingerprint density at radius 1 is 1.58 bits per heavy atom. The van der Waals surface area contributed by atoms with Gasteiger partial charge in [-0.3, -0.25) is 19.5 Å². The summed E-state index contributed by atoms with van der Waals surface area (Å²) >= 11 is 0. The molecule has 2 aromatic rings. The molecule has 3 rings (SSSR count). The molecule has 1 saturated carbocycles. The first-order valence-corrected chi connectivity index (χ1v) is 7.34. The van der Waals surface area contributed by atoms with Gasteiger partial charge in [-0.15, -0.1) is 0 Å². The van der Waals surface area contributed by atoms with E-state index in [2.05, 4.69) is 11.4 Å². The van der Waals surface area contributed by atoms with Gasteiger partial charge in [0.05, 0.1) is 16.5 Å². The number of rotatable bonds is 5. The lowest BCUT2D eigenvalue weighted by atomic mass is 9.98. The van der Waals surface area contributed by atoms with Crippen molar-refractivity contribution in [2.45, 2.75) is 31.8 Å². The predicted octanol–water partition coefficient (Wildman–Crippen LogP) is 1.31. The van der Waals surface area contributed by atoms with Gasteiger partial charge in [0, 0.05) is 12.1 Å². The molecule has 9 heteroatoms. The van der Waals surface area contributed by atoms with Gasteiger partial charge in [0.25, 0.3) is 5.69 Å². The van der Waals surface area contributed by atoms with Gasteiger partial charge in [-0.2, -0.15) is 5.26 Å². The zero-order valence-electron chi connectivity index (χ0n) is 12.8. The number of aromatic nitrogens is 1. The Labute approximate surface area is 135 Å². The topological polar surface area (TPSA) is 131 Å². The minimum atomic E-state index is -0.980. The van der Waals surface area contributed by atoms with E-state index < -0.39 is 22.1 Å². The lowest BCUT2D eigenvalue weighted by molar-refractivity contribution is -0.384. The molecule has 0 saturated heterocycles. The summed E-state index contributed by atoms with van der Waals surface area (Å²) < 4.78 is 6.01. The first-order chi connectivity index (χ1) is 11.3. The molecule has 1 aromatic heterocycles. The van der Waals surface area contributed by atoms with Crippen LogP contribution in [-0.4, -0.2) is 20.9 Å². The molecule has 1 aliphatic rings. The Hall–Kier alpha value is -3.15. The van der Waals surface area contributed by atoms with E-state index in [1.165, 1.54) is 18.2 Å². The highest BCUT2D eigenvalue weighted by Crippen LogP contribution is 2.39. The van der Waals surface area contributed by atoms with Crippen molar-refractivity contribution >= 4 is 22.7 Å². The van der Waals surface area contributed by atoms with Gasteiger partial charge in [-0.05, 0) is 31.7 Å². The molecule has 0 aliphatic heterocycles. The van der Waals surface area contributed by atoms with E-state index in [1.807, 2.05) is 0 Å². The van der Waals surface area contributed by atoms with Crippen LogP contribution in [0, 0.1) is 27.4 Å². The minimum Gasteiger partial charge on any atom is -0.408 e. The molecular formula is C15H14N4O5. The van der Waals surface area contributed by atoms with Crippen LogP contribution in [0.1, 0.15) is 19.8 Å². The van der Waals surface area contributed by atoms with Crippen LogP contribution in [-0.2, 0) is 11.3 Å². The standard InChI is InChI=1S/C15H14N4O5/c1-15(8-16,9-2-3-9)17-13(20)7-18-11-6-10(19(22)23)4-5-12(11)24-14(18)21/h4-6,9H,2-3,7H2,1H3,(H,17,20). The molecule has 1 N–H and O–H groups in total. The van der Waals surface area contributed by atoms with Crippen molar-refractivity contribution in [3.63, 3.8) is 0 Å². The van der Waals surface area contributed by atoms with Crippen molar-refractivity contribution in [1.29, 1.82) is 5.26 Å². The first kappa shape index (κ1) is 15.7. The second-order valence-corrected chi connectivity index (χ2v) is 6.00. The van der Waals surface area contributed by atoms with Gasteiger partial charge in [0.2, 0.25) is 5.91 Å². The molecule has 1 amide bonds. The summed E-state index contributed by atoms with van der Waals surface area (Å²) in [5, 5.41) is 22.8. The second-order valence-electron chi connectivity index (χ2n) is 6.00. The maximum atomic E-state index is 12.2. The van der Waals surface area contributed by atoms with Crippen molar-refractivity contribution in [3.05, 3.63) is 38.9 Å². The number of carbonyl (C=O) groups excluding carboxylic acids is 1. The Morgan fingerprint density at radius 2 is 2.29 bits per heavy atom. The molecule has 0 bridgehead atoms. The van der Waals surface area contributed by atoms with Gasteiger partial charge in [0.1, 0.15) is 12.1 Å². The van der Waals surface area contributed by atoms with E-state index in [4.69, 9.17) is 4.42 Å². The van der Waals surface area contributed by atoms with E-state index in [9.17, 15) is 25.0 Å². The number of amides is 1. The minimum absolute atomic E-state index is 0.102. The average Bonchev–Trinajstić information content (AvgIpc) is 3.34. The van der Waals surface area contributed by atoms with E-state index in [0.29, 0.717) is 0 Å². The normalized spacial score (nSPS) is 16.3.